The van der Waals surface area contributed by atoms with Crippen molar-refractivity contribution in [3.8, 4) is 0 Å². The van der Waals surface area contributed by atoms with E-state index in [2.05, 4.69) is 10.2 Å². The van der Waals surface area contributed by atoms with Gasteiger partial charge in [0.1, 0.15) is 0 Å². The second-order valence-electron chi connectivity index (χ2n) is 5.13. The molecule has 0 aromatic heterocycles. The van der Waals surface area contributed by atoms with Gasteiger partial charge < -0.3 is 14.8 Å². The standard InChI is InChI=1S/C17H16Cl2N2O3/c1-9-16(20-2)15(13-10(18)6-5-7-11(13)19)14(17(22)24-4)12(21-9)8-23-3/h5-7,15,21H,8H2,1,3-4H3. The van der Waals surface area contributed by atoms with Crippen LogP contribution in [0.4, 0.5) is 0 Å². The molecule has 0 bridgehead atoms. The summed E-state index contributed by atoms with van der Waals surface area (Å²) in [6.07, 6.45) is 0. The van der Waals surface area contributed by atoms with Gasteiger partial charge in [0.2, 0.25) is 0 Å². The first-order valence-electron chi connectivity index (χ1n) is 7.05. The van der Waals surface area contributed by atoms with E-state index in [1.807, 2.05) is 0 Å². The minimum absolute atomic E-state index is 0.158. The highest BCUT2D eigenvalue weighted by atomic mass is 35.5. The Kier molecular flexibility index (Phi) is 5.89. The zero-order valence-electron chi connectivity index (χ0n) is 13.4. The van der Waals surface area contributed by atoms with E-state index in [-0.39, 0.29) is 12.2 Å². The molecule has 1 atom stereocenters. The first-order chi connectivity index (χ1) is 11.5. The van der Waals surface area contributed by atoms with Crippen LogP contribution >= 0.6 is 23.2 Å². The van der Waals surface area contributed by atoms with Crippen LogP contribution < -0.4 is 5.32 Å². The predicted molar refractivity (Wildman–Crippen MR) is 92.6 cm³/mol. The molecular formula is C17H16Cl2N2O3. The number of nitrogens with zero attached hydrogens (tertiary/aromatic N) is 1. The van der Waals surface area contributed by atoms with Crippen LogP contribution in [0.2, 0.25) is 10.0 Å². The molecule has 1 unspecified atom stereocenters. The van der Waals surface area contributed by atoms with Gasteiger partial charge >= 0.3 is 5.97 Å². The van der Waals surface area contributed by atoms with E-state index >= 15 is 0 Å². The van der Waals surface area contributed by atoms with Gasteiger partial charge in [-0.25, -0.2) is 9.64 Å². The predicted octanol–water partition coefficient (Wildman–Crippen LogP) is 3.90. The number of esters is 1. The number of allylic oxidation sites excluding steroid dienone is 2. The maximum absolute atomic E-state index is 12.4. The molecule has 5 nitrogen and oxygen atoms in total. The van der Waals surface area contributed by atoms with Crippen molar-refractivity contribution in [1.29, 1.82) is 0 Å². The molecule has 0 saturated carbocycles. The Balaban J connectivity index is 2.79. The normalized spacial score (nSPS) is 17.4. The molecule has 1 aliphatic rings. The molecule has 0 radical (unpaired) electrons. The van der Waals surface area contributed by atoms with E-state index in [0.717, 1.165) is 0 Å². The number of hydrogen-bond acceptors (Lipinski definition) is 4. The maximum atomic E-state index is 12.4. The molecule has 0 spiro atoms. The number of carbonyl (C=O) groups is 1. The summed E-state index contributed by atoms with van der Waals surface area (Å²) in [5.74, 6) is -1.29. The highest BCUT2D eigenvalue weighted by molar-refractivity contribution is 6.36. The highest BCUT2D eigenvalue weighted by Crippen LogP contribution is 2.44. The van der Waals surface area contributed by atoms with E-state index in [1.54, 1.807) is 25.1 Å². The van der Waals surface area contributed by atoms with Crippen molar-refractivity contribution in [1.82, 2.24) is 5.32 Å². The zero-order valence-corrected chi connectivity index (χ0v) is 15.0. The van der Waals surface area contributed by atoms with Crippen molar-refractivity contribution >= 4 is 29.2 Å². The van der Waals surface area contributed by atoms with Crippen LogP contribution in [0.5, 0.6) is 0 Å². The Morgan fingerprint density at radius 3 is 2.46 bits per heavy atom. The summed E-state index contributed by atoms with van der Waals surface area (Å²) in [7, 11) is 2.80. The molecule has 7 heteroatoms. The van der Waals surface area contributed by atoms with Gasteiger partial charge in [-0.2, -0.15) is 0 Å². The summed E-state index contributed by atoms with van der Waals surface area (Å²) >= 11 is 12.7. The topological polar surface area (TPSA) is 51.9 Å². The van der Waals surface area contributed by atoms with Gasteiger partial charge in [-0.3, -0.25) is 0 Å². The number of halogens is 2. The SMILES string of the molecule is [C-]#[N+]C1=C(C)NC(COC)=C(C(=O)OC)C1c1c(Cl)cccc1Cl. The van der Waals surface area contributed by atoms with E-state index in [4.69, 9.17) is 39.2 Å². The van der Waals surface area contributed by atoms with Crippen LogP contribution in [0.1, 0.15) is 18.4 Å². The fourth-order valence-electron chi connectivity index (χ4n) is 2.71. The van der Waals surface area contributed by atoms with E-state index in [1.165, 1.54) is 14.2 Å². The second kappa shape index (κ2) is 7.71. The third-order valence-corrected chi connectivity index (χ3v) is 4.37. The van der Waals surface area contributed by atoms with Crippen LogP contribution in [0.3, 0.4) is 0 Å². The average Bonchev–Trinajstić information content (AvgIpc) is 2.54. The Morgan fingerprint density at radius 1 is 1.33 bits per heavy atom. The first-order valence-corrected chi connectivity index (χ1v) is 7.81. The molecule has 1 N–H and O–H groups in total. The van der Waals surface area contributed by atoms with Gasteiger partial charge in [0.05, 0.1) is 37.5 Å². The lowest BCUT2D eigenvalue weighted by Crippen LogP contribution is -2.31. The second-order valence-corrected chi connectivity index (χ2v) is 5.95. The van der Waals surface area contributed by atoms with Crippen molar-refractivity contribution in [3.63, 3.8) is 0 Å². The molecule has 0 amide bonds. The quantitative estimate of drug-likeness (QED) is 0.648. The number of rotatable bonds is 4. The third kappa shape index (κ3) is 3.27. The number of nitrogens with one attached hydrogen (secondary N) is 1. The summed E-state index contributed by atoms with van der Waals surface area (Å²) in [6.45, 7) is 9.46. The van der Waals surface area contributed by atoms with Gasteiger partial charge in [0.15, 0.2) is 5.70 Å². The number of carbonyl (C=O) groups excluding carboxylic acids is 1. The summed E-state index contributed by atoms with van der Waals surface area (Å²) in [5, 5.41) is 3.81. The monoisotopic (exact) mass is 366 g/mol. The molecule has 0 fully saturated rings. The highest BCUT2D eigenvalue weighted by Gasteiger charge is 2.37. The maximum Gasteiger partial charge on any atom is 0.335 e. The van der Waals surface area contributed by atoms with Crippen molar-refractivity contribution in [2.75, 3.05) is 20.8 Å². The molecule has 0 saturated heterocycles. The van der Waals surface area contributed by atoms with Gasteiger partial charge in [-0.1, -0.05) is 29.3 Å². The van der Waals surface area contributed by atoms with Crippen LogP contribution in [-0.4, -0.2) is 26.8 Å². The number of hydrogen-bond donors (Lipinski definition) is 1. The smallest absolute Gasteiger partial charge is 0.335 e. The lowest BCUT2D eigenvalue weighted by molar-refractivity contribution is -0.136. The molecule has 1 aromatic rings. The van der Waals surface area contributed by atoms with Gasteiger partial charge in [-0.15, -0.1) is 0 Å². The third-order valence-electron chi connectivity index (χ3n) is 3.71. The average molecular weight is 367 g/mol. The van der Waals surface area contributed by atoms with Crippen LogP contribution in [0.15, 0.2) is 40.9 Å². The van der Waals surface area contributed by atoms with Crippen LogP contribution in [0, 0.1) is 6.57 Å². The van der Waals surface area contributed by atoms with Crippen molar-refractivity contribution < 1.29 is 14.3 Å². The fourth-order valence-corrected chi connectivity index (χ4v) is 3.33. The van der Waals surface area contributed by atoms with Gasteiger partial charge in [0.25, 0.3) is 0 Å². The Bertz CT molecular complexity index is 758. The summed E-state index contributed by atoms with van der Waals surface area (Å²) in [4.78, 5) is 16.0. The molecule has 1 aliphatic heterocycles. The Labute approximate surface area is 150 Å². The van der Waals surface area contributed by atoms with Crippen molar-refractivity contribution in [2.24, 2.45) is 0 Å². The van der Waals surface area contributed by atoms with E-state index < -0.39 is 11.9 Å². The van der Waals surface area contributed by atoms with Gasteiger partial charge in [-0.05, 0) is 24.6 Å². The number of methoxy groups -OCH3 is 2. The van der Waals surface area contributed by atoms with E-state index in [0.29, 0.717) is 32.7 Å². The molecule has 0 aliphatic carbocycles. The zero-order chi connectivity index (χ0) is 17.9. The molecule has 126 valence electrons. The molecule has 24 heavy (non-hydrogen) atoms. The fraction of sp³-hybridized carbons (Fsp3) is 0.294. The van der Waals surface area contributed by atoms with Crippen LogP contribution in [-0.2, 0) is 14.3 Å². The van der Waals surface area contributed by atoms with Gasteiger partial charge in [0, 0.05) is 22.9 Å². The minimum atomic E-state index is -0.720. The Morgan fingerprint density at radius 2 is 1.96 bits per heavy atom. The summed E-state index contributed by atoms with van der Waals surface area (Å²) < 4.78 is 10.1. The Hall–Kier alpha value is -2.00. The van der Waals surface area contributed by atoms with Crippen molar-refractivity contribution in [2.45, 2.75) is 12.8 Å². The molecule has 1 heterocycles. The number of dihydropyridines is 1. The summed E-state index contributed by atoms with van der Waals surface area (Å²) in [5.41, 5.74) is 2.25. The largest absolute Gasteiger partial charge is 0.466 e. The minimum Gasteiger partial charge on any atom is -0.466 e. The first kappa shape index (κ1) is 18.3. The van der Waals surface area contributed by atoms with Crippen LogP contribution in [0.25, 0.3) is 4.85 Å². The number of ether oxygens (including phenoxy) is 2. The lowest BCUT2D eigenvalue weighted by atomic mass is 9.84. The summed E-state index contributed by atoms with van der Waals surface area (Å²) in [6, 6.07) is 5.06. The van der Waals surface area contributed by atoms with E-state index in [9.17, 15) is 4.79 Å². The molecule has 2 rings (SSSR count). The molecular weight excluding hydrogens is 351 g/mol. The molecule has 1 aromatic carbocycles. The lowest BCUT2D eigenvalue weighted by Gasteiger charge is -2.30. The van der Waals surface area contributed by atoms with Crippen molar-refractivity contribution in [3.05, 3.63) is 67.9 Å². The number of benzene rings is 1.